The predicted octanol–water partition coefficient (Wildman–Crippen LogP) is 5.21. The third kappa shape index (κ3) is 9.14. The largest absolute Gasteiger partial charge is 0.489 e. The molecule has 11 heteroatoms. The van der Waals surface area contributed by atoms with Gasteiger partial charge in [0.15, 0.2) is 0 Å². The number of carbonyl (C=O) groups excluding carboxylic acids is 3. The fraction of sp³-hybridized carbons (Fsp3) is 0.233. The quantitative estimate of drug-likeness (QED) is 0.210. The molecule has 0 fully saturated rings. The highest BCUT2D eigenvalue weighted by Gasteiger charge is 2.22. The van der Waals surface area contributed by atoms with Crippen molar-refractivity contribution in [3.8, 4) is 5.75 Å². The Morgan fingerprint density at radius 1 is 0.878 bits per heavy atom. The van der Waals surface area contributed by atoms with E-state index in [1.807, 2.05) is 56.3 Å². The lowest BCUT2D eigenvalue weighted by molar-refractivity contribution is 0.0844. The van der Waals surface area contributed by atoms with Crippen LogP contribution in [0.25, 0.3) is 0 Å². The summed E-state index contributed by atoms with van der Waals surface area (Å²) < 4.78 is 11.1. The number of benzene rings is 2. The molecule has 3 N–H and O–H groups in total. The average molecular weight is 574 g/mol. The van der Waals surface area contributed by atoms with Gasteiger partial charge in [-0.3, -0.25) is 25.4 Å². The standard InChI is InChI=1S/C30H31N5O5S/c1-20(2)15-25(33-30(38)40-18-21-7-4-3-5-8-21)29-32-26(19-41-29)28(37)35-34-27(36)23-9-6-10-24(16-23)39-17-22-11-13-31-14-12-22/h3-14,16,19-20,25H,15,17-18H2,1-2H3,(H,33,38)(H,34,36)(H,35,37). The van der Waals surface area contributed by atoms with Crippen molar-refractivity contribution in [2.45, 2.75) is 39.5 Å². The molecule has 0 saturated carbocycles. The van der Waals surface area contributed by atoms with Gasteiger partial charge in [-0.25, -0.2) is 9.78 Å². The van der Waals surface area contributed by atoms with E-state index in [9.17, 15) is 14.4 Å². The fourth-order valence-electron chi connectivity index (χ4n) is 3.77. The second kappa shape index (κ2) is 14.6. The van der Waals surface area contributed by atoms with Gasteiger partial charge < -0.3 is 14.8 Å². The third-order valence-corrected chi connectivity index (χ3v) is 6.76. The number of rotatable bonds is 11. The number of nitrogens with one attached hydrogen (secondary N) is 3. The van der Waals surface area contributed by atoms with E-state index in [0.29, 0.717) is 29.3 Å². The van der Waals surface area contributed by atoms with Crippen molar-refractivity contribution < 1.29 is 23.9 Å². The van der Waals surface area contributed by atoms with Crippen molar-refractivity contribution in [3.63, 3.8) is 0 Å². The number of nitrogens with zero attached hydrogens (tertiary/aromatic N) is 2. The minimum absolute atomic E-state index is 0.118. The van der Waals surface area contributed by atoms with Crippen molar-refractivity contribution >= 4 is 29.2 Å². The Kier molecular flexibility index (Phi) is 10.4. The van der Waals surface area contributed by atoms with E-state index in [-0.39, 0.29) is 18.2 Å². The van der Waals surface area contributed by atoms with Gasteiger partial charge in [-0.2, -0.15) is 0 Å². The summed E-state index contributed by atoms with van der Waals surface area (Å²) in [6.07, 6.45) is 3.39. The number of hydrogen-bond donors (Lipinski definition) is 3. The monoisotopic (exact) mass is 573 g/mol. The average Bonchev–Trinajstić information content (AvgIpc) is 3.49. The van der Waals surface area contributed by atoms with E-state index in [1.54, 1.807) is 42.0 Å². The van der Waals surface area contributed by atoms with E-state index in [4.69, 9.17) is 9.47 Å². The van der Waals surface area contributed by atoms with E-state index in [0.717, 1.165) is 11.1 Å². The molecule has 0 bridgehead atoms. The van der Waals surface area contributed by atoms with Crippen LogP contribution in [0.1, 0.15) is 63.3 Å². The van der Waals surface area contributed by atoms with Gasteiger partial charge in [-0.05, 0) is 53.8 Å². The number of hydrogen-bond acceptors (Lipinski definition) is 8. The highest BCUT2D eigenvalue weighted by atomic mass is 32.1. The summed E-state index contributed by atoms with van der Waals surface area (Å²) in [5, 5.41) is 4.99. The van der Waals surface area contributed by atoms with Crippen molar-refractivity contribution in [2.24, 2.45) is 5.92 Å². The maximum absolute atomic E-state index is 12.7. The summed E-state index contributed by atoms with van der Waals surface area (Å²) in [4.78, 5) is 46.2. The van der Waals surface area contributed by atoms with E-state index >= 15 is 0 Å². The summed E-state index contributed by atoms with van der Waals surface area (Å²) in [5.41, 5.74) is 7.05. The lowest BCUT2D eigenvalue weighted by Gasteiger charge is -2.18. The predicted molar refractivity (Wildman–Crippen MR) is 154 cm³/mol. The first-order valence-corrected chi connectivity index (χ1v) is 13.9. The number of hydrazine groups is 1. The summed E-state index contributed by atoms with van der Waals surface area (Å²) in [6.45, 7) is 4.53. The summed E-state index contributed by atoms with van der Waals surface area (Å²) in [7, 11) is 0. The summed E-state index contributed by atoms with van der Waals surface area (Å²) >= 11 is 1.25. The van der Waals surface area contributed by atoms with Crippen LogP contribution >= 0.6 is 11.3 Å². The van der Waals surface area contributed by atoms with Crippen molar-refractivity contribution in [1.82, 2.24) is 26.1 Å². The summed E-state index contributed by atoms with van der Waals surface area (Å²) in [5.74, 6) is -0.333. The van der Waals surface area contributed by atoms with Gasteiger partial charge in [-0.15, -0.1) is 11.3 Å². The molecule has 1 unspecified atom stereocenters. The molecular weight excluding hydrogens is 542 g/mol. The fourth-order valence-corrected chi connectivity index (χ4v) is 4.64. The molecule has 2 heterocycles. The van der Waals surface area contributed by atoms with Gasteiger partial charge >= 0.3 is 6.09 Å². The molecule has 41 heavy (non-hydrogen) atoms. The maximum Gasteiger partial charge on any atom is 0.408 e. The topological polar surface area (TPSA) is 132 Å². The molecule has 4 rings (SSSR count). The number of thiazole rings is 1. The molecule has 0 saturated heterocycles. The van der Waals surface area contributed by atoms with E-state index in [1.165, 1.54) is 11.3 Å². The molecule has 1 atom stereocenters. The first kappa shape index (κ1) is 29.2. The smallest absolute Gasteiger partial charge is 0.408 e. The molecule has 2 aromatic heterocycles. The molecular formula is C30H31N5O5S. The SMILES string of the molecule is CC(C)CC(NC(=O)OCc1ccccc1)c1nc(C(=O)NNC(=O)c2cccc(OCc3ccncc3)c2)cs1. The Balaban J connectivity index is 1.30. The van der Waals surface area contributed by atoms with Crippen LogP contribution in [0.2, 0.25) is 0 Å². The molecule has 10 nitrogen and oxygen atoms in total. The number of aromatic nitrogens is 2. The Morgan fingerprint density at radius 3 is 2.37 bits per heavy atom. The Labute approximate surface area is 242 Å². The highest BCUT2D eigenvalue weighted by Crippen LogP contribution is 2.25. The van der Waals surface area contributed by atoms with Gasteiger partial charge in [0.25, 0.3) is 11.8 Å². The Morgan fingerprint density at radius 2 is 1.61 bits per heavy atom. The number of amides is 3. The van der Waals surface area contributed by atoms with Crippen LogP contribution in [0.15, 0.2) is 84.5 Å². The van der Waals surface area contributed by atoms with Crippen molar-refractivity contribution in [2.75, 3.05) is 0 Å². The maximum atomic E-state index is 12.7. The van der Waals surface area contributed by atoms with Crippen molar-refractivity contribution in [3.05, 3.63) is 112 Å². The van der Waals surface area contributed by atoms with Crippen LogP contribution < -0.4 is 20.9 Å². The zero-order valence-corrected chi connectivity index (χ0v) is 23.5. The molecule has 0 spiro atoms. The first-order chi connectivity index (χ1) is 19.9. The lowest BCUT2D eigenvalue weighted by Crippen LogP contribution is -2.41. The Hall–Kier alpha value is -4.77. The molecule has 212 valence electrons. The molecule has 4 aromatic rings. The first-order valence-electron chi connectivity index (χ1n) is 13.0. The minimum Gasteiger partial charge on any atom is -0.489 e. The van der Waals surface area contributed by atoms with Gasteiger partial charge in [0.1, 0.15) is 29.7 Å². The van der Waals surface area contributed by atoms with Crippen LogP contribution in [0, 0.1) is 5.92 Å². The lowest BCUT2D eigenvalue weighted by atomic mass is 10.0. The molecule has 0 aliphatic carbocycles. The van der Waals surface area contributed by atoms with Crippen LogP contribution in [0.3, 0.4) is 0 Å². The zero-order valence-electron chi connectivity index (χ0n) is 22.7. The molecule has 0 radical (unpaired) electrons. The number of carbonyl (C=O) groups is 3. The van der Waals surface area contributed by atoms with Crippen LogP contribution in [0.4, 0.5) is 4.79 Å². The molecule has 3 amide bonds. The summed E-state index contributed by atoms with van der Waals surface area (Å²) in [6, 6.07) is 19.3. The number of ether oxygens (including phenoxy) is 2. The van der Waals surface area contributed by atoms with E-state index < -0.39 is 23.9 Å². The second-order valence-electron chi connectivity index (χ2n) is 9.54. The number of pyridine rings is 1. The van der Waals surface area contributed by atoms with Crippen LogP contribution in [0.5, 0.6) is 5.75 Å². The Bertz CT molecular complexity index is 1450. The highest BCUT2D eigenvalue weighted by molar-refractivity contribution is 7.09. The number of alkyl carbamates (subject to hydrolysis) is 1. The normalized spacial score (nSPS) is 11.4. The molecule has 0 aliphatic heterocycles. The van der Waals surface area contributed by atoms with Gasteiger partial charge in [0.05, 0.1) is 6.04 Å². The molecule has 0 aliphatic rings. The third-order valence-electron chi connectivity index (χ3n) is 5.81. The van der Waals surface area contributed by atoms with Gasteiger partial charge in [0, 0.05) is 23.3 Å². The van der Waals surface area contributed by atoms with Gasteiger partial charge in [0.2, 0.25) is 0 Å². The van der Waals surface area contributed by atoms with Crippen molar-refractivity contribution in [1.29, 1.82) is 0 Å². The minimum atomic E-state index is -0.583. The van der Waals surface area contributed by atoms with Crippen LogP contribution in [-0.4, -0.2) is 27.9 Å². The van der Waals surface area contributed by atoms with E-state index in [2.05, 4.69) is 26.1 Å². The van der Waals surface area contributed by atoms with Crippen LogP contribution in [-0.2, 0) is 18.0 Å². The zero-order chi connectivity index (χ0) is 29.0. The second-order valence-corrected chi connectivity index (χ2v) is 10.4. The molecule has 2 aromatic carbocycles. The van der Waals surface area contributed by atoms with Gasteiger partial charge in [-0.1, -0.05) is 50.2 Å².